The van der Waals surface area contributed by atoms with Crippen LogP contribution < -0.4 is 5.32 Å². The SMILES string of the molecule is CC(C)COCCNc1c(F)cccc1Cl. The minimum Gasteiger partial charge on any atom is -0.379 e. The van der Waals surface area contributed by atoms with Crippen molar-refractivity contribution in [3.63, 3.8) is 0 Å². The van der Waals surface area contributed by atoms with Gasteiger partial charge in [-0.2, -0.15) is 0 Å². The molecule has 2 nitrogen and oxygen atoms in total. The molecular formula is C12H17ClFNO. The first-order chi connectivity index (χ1) is 7.61. The molecular weight excluding hydrogens is 229 g/mol. The zero-order valence-electron chi connectivity index (χ0n) is 9.59. The summed E-state index contributed by atoms with van der Waals surface area (Å²) in [5, 5.41) is 3.32. The fourth-order valence-electron chi connectivity index (χ4n) is 1.23. The number of benzene rings is 1. The summed E-state index contributed by atoms with van der Waals surface area (Å²) >= 11 is 5.85. The predicted molar refractivity (Wildman–Crippen MR) is 65.6 cm³/mol. The first-order valence-corrected chi connectivity index (χ1v) is 5.74. The Bertz CT molecular complexity index is 311. The summed E-state index contributed by atoms with van der Waals surface area (Å²) in [6.45, 7) is 5.98. The van der Waals surface area contributed by atoms with Crippen molar-refractivity contribution in [2.45, 2.75) is 13.8 Å². The van der Waals surface area contributed by atoms with Crippen molar-refractivity contribution in [2.24, 2.45) is 5.92 Å². The number of ether oxygens (including phenoxy) is 1. The van der Waals surface area contributed by atoms with Crippen LogP contribution in [0.3, 0.4) is 0 Å². The Morgan fingerprint density at radius 1 is 1.44 bits per heavy atom. The van der Waals surface area contributed by atoms with Crippen LogP contribution in [0, 0.1) is 11.7 Å². The highest BCUT2D eigenvalue weighted by molar-refractivity contribution is 6.33. The maximum Gasteiger partial charge on any atom is 0.147 e. The molecule has 0 aliphatic rings. The number of para-hydroxylation sites is 1. The standard InChI is InChI=1S/C12H17ClFNO/c1-9(2)8-16-7-6-15-12-10(13)4-3-5-11(12)14/h3-5,9,15H,6-8H2,1-2H3. The molecule has 0 saturated carbocycles. The molecule has 0 heterocycles. The van der Waals surface area contributed by atoms with Crippen LogP contribution in [0.5, 0.6) is 0 Å². The fraction of sp³-hybridized carbons (Fsp3) is 0.500. The van der Waals surface area contributed by atoms with Crippen LogP contribution in [0.25, 0.3) is 0 Å². The maximum absolute atomic E-state index is 13.3. The van der Waals surface area contributed by atoms with Crippen LogP contribution in [0.4, 0.5) is 10.1 Å². The summed E-state index contributed by atoms with van der Waals surface area (Å²) in [4.78, 5) is 0. The molecule has 0 amide bonds. The highest BCUT2D eigenvalue weighted by Gasteiger charge is 2.05. The molecule has 4 heteroatoms. The minimum atomic E-state index is -0.337. The topological polar surface area (TPSA) is 21.3 Å². The van der Waals surface area contributed by atoms with Crippen LogP contribution in [-0.2, 0) is 4.74 Å². The number of hydrogen-bond acceptors (Lipinski definition) is 2. The largest absolute Gasteiger partial charge is 0.379 e. The Morgan fingerprint density at radius 2 is 2.19 bits per heavy atom. The molecule has 0 unspecified atom stereocenters. The van der Waals surface area contributed by atoms with E-state index in [0.717, 1.165) is 0 Å². The van der Waals surface area contributed by atoms with E-state index in [-0.39, 0.29) is 5.82 Å². The summed E-state index contributed by atoms with van der Waals surface area (Å²) < 4.78 is 18.7. The third-order valence-electron chi connectivity index (χ3n) is 1.96. The maximum atomic E-state index is 13.3. The lowest BCUT2D eigenvalue weighted by Crippen LogP contribution is -2.13. The molecule has 1 rings (SSSR count). The van der Waals surface area contributed by atoms with Gasteiger partial charge in [-0.15, -0.1) is 0 Å². The number of anilines is 1. The fourth-order valence-corrected chi connectivity index (χ4v) is 1.46. The zero-order chi connectivity index (χ0) is 12.0. The molecule has 0 aliphatic heterocycles. The molecule has 1 N–H and O–H groups in total. The molecule has 1 aromatic carbocycles. The van der Waals surface area contributed by atoms with Crippen molar-refractivity contribution in [1.82, 2.24) is 0 Å². The zero-order valence-corrected chi connectivity index (χ0v) is 10.4. The van der Waals surface area contributed by atoms with Crippen molar-refractivity contribution in [2.75, 3.05) is 25.1 Å². The van der Waals surface area contributed by atoms with E-state index in [0.29, 0.717) is 36.4 Å². The molecule has 90 valence electrons. The summed E-state index contributed by atoms with van der Waals surface area (Å²) in [6.07, 6.45) is 0. The molecule has 0 spiro atoms. The third kappa shape index (κ3) is 4.37. The van der Waals surface area contributed by atoms with Gasteiger partial charge in [0.05, 0.1) is 17.3 Å². The number of hydrogen-bond donors (Lipinski definition) is 1. The number of nitrogens with one attached hydrogen (secondary N) is 1. The van der Waals surface area contributed by atoms with E-state index >= 15 is 0 Å². The average molecular weight is 246 g/mol. The Balaban J connectivity index is 2.32. The summed E-state index contributed by atoms with van der Waals surface area (Å²) in [6, 6.07) is 4.61. The van der Waals surface area contributed by atoms with Gasteiger partial charge in [0.15, 0.2) is 0 Å². The molecule has 16 heavy (non-hydrogen) atoms. The van der Waals surface area contributed by atoms with Crippen molar-refractivity contribution in [3.05, 3.63) is 29.0 Å². The minimum absolute atomic E-state index is 0.337. The monoisotopic (exact) mass is 245 g/mol. The van der Waals surface area contributed by atoms with Crippen molar-refractivity contribution in [1.29, 1.82) is 0 Å². The van der Waals surface area contributed by atoms with Gasteiger partial charge in [0.2, 0.25) is 0 Å². The van der Waals surface area contributed by atoms with Gasteiger partial charge in [0.25, 0.3) is 0 Å². The molecule has 0 aromatic heterocycles. The molecule has 0 saturated heterocycles. The Kier molecular flexibility index (Phi) is 5.56. The molecule has 0 radical (unpaired) electrons. The Labute approximate surface area is 101 Å². The van der Waals surface area contributed by atoms with Gasteiger partial charge in [0, 0.05) is 13.2 Å². The molecule has 0 bridgehead atoms. The first-order valence-electron chi connectivity index (χ1n) is 5.37. The van der Waals surface area contributed by atoms with Crippen LogP contribution >= 0.6 is 11.6 Å². The molecule has 0 atom stereocenters. The second-order valence-corrected chi connectivity index (χ2v) is 4.40. The quantitative estimate of drug-likeness (QED) is 0.774. The molecule has 0 aliphatic carbocycles. The van der Waals surface area contributed by atoms with Crippen molar-refractivity contribution in [3.8, 4) is 0 Å². The number of halogens is 2. The average Bonchev–Trinajstić information content (AvgIpc) is 2.21. The van der Waals surface area contributed by atoms with Gasteiger partial charge in [-0.25, -0.2) is 4.39 Å². The van der Waals surface area contributed by atoms with E-state index < -0.39 is 0 Å². The lowest BCUT2D eigenvalue weighted by atomic mass is 10.2. The van der Waals surface area contributed by atoms with Crippen LogP contribution in [-0.4, -0.2) is 19.8 Å². The third-order valence-corrected chi connectivity index (χ3v) is 2.28. The van der Waals surface area contributed by atoms with Crippen LogP contribution in [0.1, 0.15) is 13.8 Å². The van der Waals surface area contributed by atoms with Crippen LogP contribution in [0.2, 0.25) is 5.02 Å². The lowest BCUT2D eigenvalue weighted by Gasteiger charge is -2.10. The Hall–Kier alpha value is -0.800. The highest BCUT2D eigenvalue weighted by Crippen LogP contribution is 2.24. The van der Waals surface area contributed by atoms with E-state index in [9.17, 15) is 4.39 Å². The normalized spacial score (nSPS) is 10.8. The van der Waals surface area contributed by atoms with Gasteiger partial charge in [0.1, 0.15) is 5.82 Å². The Morgan fingerprint density at radius 3 is 2.81 bits per heavy atom. The first kappa shape index (κ1) is 13.3. The van der Waals surface area contributed by atoms with Crippen molar-refractivity contribution >= 4 is 17.3 Å². The van der Waals surface area contributed by atoms with E-state index in [1.165, 1.54) is 6.07 Å². The lowest BCUT2D eigenvalue weighted by molar-refractivity contribution is 0.118. The van der Waals surface area contributed by atoms with Crippen molar-refractivity contribution < 1.29 is 9.13 Å². The van der Waals surface area contributed by atoms with E-state index in [4.69, 9.17) is 16.3 Å². The highest BCUT2D eigenvalue weighted by atomic mass is 35.5. The van der Waals surface area contributed by atoms with E-state index in [1.807, 2.05) is 0 Å². The van der Waals surface area contributed by atoms with E-state index in [2.05, 4.69) is 19.2 Å². The summed E-state index contributed by atoms with van der Waals surface area (Å²) in [5.41, 5.74) is 0.345. The van der Waals surface area contributed by atoms with Gasteiger partial charge >= 0.3 is 0 Å². The number of rotatable bonds is 6. The molecule has 0 fully saturated rings. The second kappa shape index (κ2) is 6.71. The van der Waals surface area contributed by atoms with Crippen LogP contribution in [0.15, 0.2) is 18.2 Å². The van der Waals surface area contributed by atoms with Gasteiger partial charge in [-0.05, 0) is 18.1 Å². The summed E-state index contributed by atoms with van der Waals surface area (Å²) in [5.74, 6) is 0.174. The van der Waals surface area contributed by atoms with Gasteiger partial charge in [-0.1, -0.05) is 31.5 Å². The summed E-state index contributed by atoms with van der Waals surface area (Å²) in [7, 11) is 0. The molecule has 1 aromatic rings. The van der Waals surface area contributed by atoms with E-state index in [1.54, 1.807) is 12.1 Å². The predicted octanol–water partition coefficient (Wildman–Crippen LogP) is 3.56. The second-order valence-electron chi connectivity index (χ2n) is 3.99. The van der Waals surface area contributed by atoms with Gasteiger partial charge < -0.3 is 10.1 Å². The smallest absolute Gasteiger partial charge is 0.147 e. The van der Waals surface area contributed by atoms with Gasteiger partial charge in [-0.3, -0.25) is 0 Å².